The van der Waals surface area contributed by atoms with Crippen molar-refractivity contribution in [3.63, 3.8) is 0 Å². The number of amides is 2. The number of aromatic nitrogens is 2. The van der Waals surface area contributed by atoms with Gasteiger partial charge in [0, 0.05) is 36.7 Å². The minimum absolute atomic E-state index is 0.117. The maximum Gasteiger partial charge on any atom is 0.330 e. The van der Waals surface area contributed by atoms with Crippen LogP contribution in [0.3, 0.4) is 0 Å². The first kappa shape index (κ1) is 28.6. The normalized spacial score (nSPS) is 28.2. The second kappa shape index (κ2) is 12.0. The average Bonchev–Trinajstić information content (AvgIpc) is 3.56. The van der Waals surface area contributed by atoms with E-state index in [-0.39, 0.29) is 18.2 Å². The van der Waals surface area contributed by atoms with Crippen molar-refractivity contribution in [1.29, 1.82) is 0 Å². The topological polar surface area (TPSA) is 122 Å². The second-order valence-electron chi connectivity index (χ2n) is 11.8. The van der Waals surface area contributed by atoms with Crippen molar-refractivity contribution < 1.29 is 24.2 Å². The molecule has 5 unspecified atom stereocenters. The number of hydrogen-bond donors (Lipinski definition) is 2. The third-order valence-electron chi connectivity index (χ3n) is 8.87. The summed E-state index contributed by atoms with van der Waals surface area (Å²) in [6.45, 7) is 0.596. The molecule has 5 atom stereocenters. The van der Waals surface area contributed by atoms with Crippen molar-refractivity contribution in [3.05, 3.63) is 78.9 Å². The largest absolute Gasteiger partial charge is 0.479 e. The van der Waals surface area contributed by atoms with Crippen molar-refractivity contribution in [2.75, 3.05) is 13.6 Å². The van der Waals surface area contributed by atoms with Gasteiger partial charge in [-0.05, 0) is 38.5 Å². The number of carbonyl (C=O) groups excluding carboxylic acids is 2. The van der Waals surface area contributed by atoms with Gasteiger partial charge in [0.1, 0.15) is 11.6 Å². The van der Waals surface area contributed by atoms with E-state index >= 15 is 0 Å². The number of hydrogen-bond acceptors (Lipinski definition) is 6. The number of ether oxygens (including phenoxy) is 1. The highest BCUT2D eigenvalue weighted by Crippen LogP contribution is 2.46. The van der Waals surface area contributed by atoms with Crippen LogP contribution in [0.1, 0.15) is 38.5 Å². The molecule has 2 amide bonds. The van der Waals surface area contributed by atoms with Gasteiger partial charge in [0.15, 0.2) is 5.82 Å². The summed E-state index contributed by atoms with van der Waals surface area (Å²) in [4.78, 5) is 50.8. The molecule has 2 aliphatic carbocycles. The molecule has 222 valence electrons. The first-order valence-electron chi connectivity index (χ1n) is 15.0. The molecule has 2 saturated carbocycles. The van der Waals surface area contributed by atoms with Crippen LogP contribution in [0, 0.1) is 17.8 Å². The Morgan fingerprint density at radius 1 is 0.977 bits per heavy atom. The monoisotopic (exact) mass is 580 g/mol. The molecule has 43 heavy (non-hydrogen) atoms. The van der Waals surface area contributed by atoms with Gasteiger partial charge in [-0.25, -0.2) is 9.78 Å². The van der Waals surface area contributed by atoms with E-state index in [0.717, 1.165) is 30.4 Å². The summed E-state index contributed by atoms with van der Waals surface area (Å²) in [6, 6.07) is 21.2. The molecule has 2 heterocycles. The van der Waals surface area contributed by atoms with E-state index in [1.807, 2.05) is 72.8 Å². The lowest BCUT2D eigenvalue weighted by Gasteiger charge is -2.26. The van der Waals surface area contributed by atoms with E-state index in [4.69, 9.17) is 14.7 Å². The van der Waals surface area contributed by atoms with E-state index in [2.05, 4.69) is 5.32 Å². The van der Waals surface area contributed by atoms with Crippen LogP contribution >= 0.6 is 0 Å². The van der Waals surface area contributed by atoms with E-state index in [1.54, 1.807) is 18.0 Å². The van der Waals surface area contributed by atoms with Gasteiger partial charge in [0.2, 0.25) is 17.7 Å². The molecule has 2 fully saturated rings. The second-order valence-corrected chi connectivity index (χ2v) is 11.8. The lowest BCUT2D eigenvalue weighted by Crippen LogP contribution is -2.49. The molecule has 9 heteroatoms. The average molecular weight is 581 g/mol. The molecule has 2 N–H and O–H groups in total. The van der Waals surface area contributed by atoms with Gasteiger partial charge in [-0.15, -0.1) is 0 Å². The highest BCUT2D eigenvalue weighted by molar-refractivity contribution is 5.94. The molecule has 0 radical (unpaired) electrons. The van der Waals surface area contributed by atoms with Crippen LogP contribution in [0.25, 0.3) is 22.6 Å². The number of carboxylic acid groups (broad SMARTS) is 1. The first-order valence-corrected chi connectivity index (χ1v) is 15.0. The number of nitrogens with one attached hydrogen (secondary N) is 1. The van der Waals surface area contributed by atoms with Gasteiger partial charge in [-0.2, -0.15) is 4.98 Å². The highest BCUT2D eigenvalue weighted by atomic mass is 16.5. The van der Waals surface area contributed by atoms with Gasteiger partial charge in [0.25, 0.3) is 0 Å². The fourth-order valence-electron chi connectivity index (χ4n) is 6.32. The SMILES string of the molecule is CN1CCCC/C=C/C2CC2(C(=O)O)NC(=O)C2CC(Oc3cc(-c4ccccc4)nc(-c4ccccc4)n3)CC2C1=O. The van der Waals surface area contributed by atoms with Gasteiger partial charge in [0.05, 0.1) is 17.5 Å². The molecule has 3 aromatic rings. The zero-order chi connectivity index (χ0) is 30.0. The van der Waals surface area contributed by atoms with Crippen LogP contribution in [0.15, 0.2) is 78.9 Å². The fourth-order valence-corrected chi connectivity index (χ4v) is 6.32. The first-order chi connectivity index (χ1) is 20.8. The zero-order valence-electron chi connectivity index (χ0n) is 24.2. The van der Waals surface area contributed by atoms with Gasteiger partial charge >= 0.3 is 5.97 Å². The number of nitrogens with zero attached hydrogens (tertiary/aromatic N) is 3. The molecule has 9 nitrogen and oxygen atoms in total. The predicted octanol–water partition coefficient (Wildman–Crippen LogP) is 4.74. The third-order valence-corrected chi connectivity index (χ3v) is 8.87. The molecule has 1 aromatic heterocycles. The standard InChI is InChI=1S/C34H36N4O5/c1-38-17-11-3-2-10-16-24-21-34(24,33(41)42)37-31(39)26-18-25(19-27(26)32(38)40)43-29-20-28(22-12-6-4-7-13-22)35-30(36-29)23-14-8-5-9-15-23/h4-10,12-16,20,24-27H,2-3,11,17-19,21H2,1H3,(H,37,39)(H,41,42)/b16-10+. The number of fused-ring (bicyclic) bond motifs is 2. The summed E-state index contributed by atoms with van der Waals surface area (Å²) in [7, 11) is 1.77. The van der Waals surface area contributed by atoms with E-state index < -0.39 is 35.4 Å². The Labute approximate surface area is 251 Å². The number of carboxylic acids is 1. The summed E-state index contributed by atoms with van der Waals surface area (Å²) in [5.74, 6) is -2.29. The Kier molecular flexibility index (Phi) is 7.97. The summed E-state index contributed by atoms with van der Waals surface area (Å²) in [5.41, 5.74) is 1.13. The Balaban J connectivity index is 1.29. The molecule has 1 aliphatic heterocycles. The Hall–Kier alpha value is -4.53. The van der Waals surface area contributed by atoms with Crippen molar-refractivity contribution in [2.45, 2.75) is 50.2 Å². The molecule has 3 aliphatic rings. The van der Waals surface area contributed by atoms with Crippen molar-refractivity contribution in [1.82, 2.24) is 20.2 Å². The predicted molar refractivity (Wildman–Crippen MR) is 161 cm³/mol. The summed E-state index contributed by atoms with van der Waals surface area (Å²) in [5, 5.41) is 12.9. The molecular weight excluding hydrogens is 544 g/mol. The number of aliphatic carboxylic acids is 1. The van der Waals surface area contributed by atoms with Crippen LogP contribution in [-0.2, 0) is 14.4 Å². The lowest BCUT2D eigenvalue weighted by atomic mass is 9.93. The van der Waals surface area contributed by atoms with E-state index in [9.17, 15) is 19.5 Å². The van der Waals surface area contributed by atoms with Crippen LogP contribution in [0.4, 0.5) is 0 Å². The lowest BCUT2D eigenvalue weighted by molar-refractivity contribution is -0.145. The van der Waals surface area contributed by atoms with Gasteiger partial charge < -0.3 is 20.1 Å². The summed E-state index contributed by atoms with van der Waals surface area (Å²) >= 11 is 0. The zero-order valence-corrected chi connectivity index (χ0v) is 24.2. The Morgan fingerprint density at radius 3 is 2.40 bits per heavy atom. The Bertz CT molecular complexity index is 1470. The molecular formula is C34H36N4O5. The molecule has 0 bridgehead atoms. The molecule has 0 saturated heterocycles. The van der Waals surface area contributed by atoms with Crippen LogP contribution in [0.2, 0.25) is 0 Å². The fraction of sp³-hybridized carbons (Fsp3) is 0.382. The number of carbonyl (C=O) groups is 3. The van der Waals surface area contributed by atoms with E-state index in [1.165, 1.54) is 0 Å². The summed E-state index contributed by atoms with van der Waals surface area (Å²) < 4.78 is 6.44. The van der Waals surface area contributed by atoms with Crippen LogP contribution in [-0.4, -0.2) is 63.0 Å². The maximum atomic E-state index is 13.7. The third kappa shape index (κ3) is 6.02. The van der Waals surface area contributed by atoms with Gasteiger partial charge in [-0.1, -0.05) is 72.8 Å². The number of rotatable bonds is 5. The highest BCUT2D eigenvalue weighted by Gasteiger charge is 2.61. The number of benzene rings is 2. The van der Waals surface area contributed by atoms with E-state index in [0.29, 0.717) is 36.8 Å². The molecule has 0 spiro atoms. The van der Waals surface area contributed by atoms with Crippen LogP contribution < -0.4 is 10.1 Å². The summed E-state index contributed by atoms with van der Waals surface area (Å²) in [6.07, 6.45) is 6.92. The Morgan fingerprint density at radius 2 is 1.67 bits per heavy atom. The van der Waals surface area contributed by atoms with Crippen molar-refractivity contribution >= 4 is 17.8 Å². The minimum atomic E-state index is -1.32. The smallest absolute Gasteiger partial charge is 0.330 e. The molecule has 2 aromatic carbocycles. The van der Waals surface area contributed by atoms with Crippen molar-refractivity contribution in [2.24, 2.45) is 17.8 Å². The quantitative estimate of drug-likeness (QED) is 0.418. The number of allylic oxidation sites excluding steroid dienone is 1. The van der Waals surface area contributed by atoms with Crippen LogP contribution in [0.5, 0.6) is 5.88 Å². The van der Waals surface area contributed by atoms with Gasteiger partial charge in [-0.3, -0.25) is 9.59 Å². The minimum Gasteiger partial charge on any atom is -0.479 e. The molecule has 6 rings (SSSR count). The maximum absolute atomic E-state index is 13.7. The van der Waals surface area contributed by atoms with Crippen molar-refractivity contribution in [3.8, 4) is 28.5 Å².